The average molecular weight is 340 g/mol. The van der Waals surface area contributed by atoms with Crippen LogP contribution in [-0.4, -0.2) is 27.2 Å². The molecule has 2 unspecified atom stereocenters. The monoisotopic (exact) mass is 340 g/mol. The minimum atomic E-state index is -1.35. The number of phenolic OH excluding ortho intramolecular Hbond substituents is 2. The number of aliphatic hydroxyl groups excluding tert-OH is 1. The fourth-order valence-electron chi connectivity index (χ4n) is 2.85. The Labute approximate surface area is 145 Å². The molecule has 5 nitrogen and oxygen atoms in total. The van der Waals surface area contributed by atoms with E-state index in [2.05, 4.69) is 0 Å². The molecule has 2 aromatic carbocycles. The van der Waals surface area contributed by atoms with Gasteiger partial charge in [0.05, 0.1) is 5.56 Å². The van der Waals surface area contributed by atoms with Crippen LogP contribution in [0.2, 0.25) is 0 Å². The predicted octanol–water partition coefficient (Wildman–Crippen LogP) is 3.28. The number of hydrogen-bond acceptors (Lipinski definition) is 5. The van der Waals surface area contributed by atoms with Gasteiger partial charge >= 0.3 is 0 Å². The molecule has 5 heteroatoms. The van der Waals surface area contributed by atoms with Gasteiger partial charge in [-0.1, -0.05) is 23.8 Å². The standard InChI is InChI=1S/C20H20O5/c1-11(2)3-8-14-16(22)10-9-15-17(23)18(24)19(25-20(14)15)12-4-6-13(21)7-5-12/h3-7,9-10,18-19,21-22,24H,8H2,1-2H3. The van der Waals surface area contributed by atoms with E-state index in [9.17, 15) is 20.1 Å². The van der Waals surface area contributed by atoms with Crippen molar-refractivity contribution >= 4 is 5.78 Å². The van der Waals surface area contributed by atoms with Crippen LogP contribution in [0.15, 0.2) is 48.0 Å². The van der Waals surface area contributed by atoms with Gasteiger partial charge in [0.2, 0.25) is 0 Å². The number of fused-ring (bicyclic) bond motifs is 1. The first-order chi connectivity index (χ1) is 11.9. The molecular weight excluding hydrogens is 320 g/mol. The summed E-state index contributed by atoms with van der Waals surface area (Å²) in [5.74, 6) is -0.0174. The third-order valence-corrected chi connectivity index (χ3v) is 4.24. The predicted molar refractivity (Wildman–Crippen MR) is 93.1 cm³/mol. The van der Waals surface area contributed by atoms with Crippen molar-refractivity contribution < 1.29 is 24.9 Å². The van der Waals surface area contributed by atoms with Gasteiger partial charge in [0.25, 0.3) is 0 Å². The normalized spacial score (nSPS) is 19.1. The van der Waals surface area contributed by atoms with Crippen molar-refractivity contribution in [3.8, 4) is 17.2 Å². The summed E-state index contributed by atoms with van der Waals surface area (Å²) < 4.78 is 5.94. The summed E-state index contributed by atoms with van der Waals surface area (Å²) >= 11 is 0. The number of ketones is 1. The van der Waals surface area contributed by atoms with E-state index < -0.39 is 18.0 Å². The van der Waals surface area contributed by atoms with E-state index in [1.54, 1.807) is 12.1 Å². The number of ether oxygens (including phenoxy) is 1. The van der Waals surface area contributed by atoms with Gasteiger partial charge < -0.3 is 20.1 Å². The van der Waals surface area contributed by atoms with Gasteiger partial charge in [0.1, 0.15) is 17.2 Å². The van der Waals surface area contributed by atoms with Crippen LogP contribution in [-0.2, 0) is 6.42 Å². The van der Waals surface area contributed by atoms with Crippen molar-refractivity contribution in [2.45, 2.75) is 32.5 Å². The van der Waals surface area contributed by atoms with Gasteiger partial charge in [0.15, 0.2) is 18.0 Å². The van der Waals surface area contributed by atoms with E-state index in [1.807, 2.05) is 19.9 Å². The minimum Gasteiger partial charge on any atom is -0.508 e. The molecule has 0 amide bonds. The summed E-state index contributed by atoms with van der Waals surface area (Å²) in [5, 5.41) is 30.0. The van der Waals surface area contributed by atoms with E-state index in [0.717, 1.165) is 5.57 Å². The van der Waals surface area contributed by atoms with Crippen LogP contribution in [0.3, 0.4) is 0 Å². The zero-order valence-electron chi connectivity index (χ0n) is 14.1. The SMILES string of the molecule is CC(C)=CCc1c(O)ccc2c1OC(c1ccc(O)cc1)C(O)C2=O. The molecule has 1 aliphatic heterocycles. The Kier molecular flexibility index (Phi) is 4.51. The van der Waals surface area contributed by atoms with E-state index in [0.29, 0.717) is 23.3 Å². The topological polar surface area (TPSA) is 87.0 Å². The quantitative estimate of drug-likeness (QED) is 0.747. The fourth-order valence-corrected chi connectivity index (χ4v) is 2.85. The molecule has 0 fully saturated rings. The van der Waals surface area contributed by atoms with Crippen molar-refractivity contribution in [1.82, 2.24) is 0 Å². The highest BCUT2D eigenvalue weighted by Crippen LogP contribution is 2.41. The first kappa shape index (κ1) is 17.0. The van der Waals surface area contributed by atoms with Crippen LogP contribution < -0.4 is 4.74 Å². The molecule has 3 N–H and O–H groups in total. The number of aliphatic hydroxyl groups is 1. The largest absolute Gasteiger partial charge is 0.508 e. The highest BCUT2D eigenvalue weighted by atomic mass is 16.5. The van der Waals surface area contributed by atoms with Crippen LogP contribution >= 0.6 is 0 Å². The number of hydrogen-bond donors (Lipinski definition) is 3. The van der Waals surface area contributed by atoms with Gasteiger partial charge in [-0.3, -0.25) is 4.79 Å². The molecule has 0 aromatic heterocycles. The molecule has 3 rings (SSSR count). The Hall–Kier alpha value is -2.79. The summed E-state index contributed by atoms with van der Waals surface area (Å²) in [6.07, 6.45) is 0.109. The number of carbonyl (C=O) groups is 1. The van der Waals surface area contributed by atoms with E-state index in [-0.39, 0.29) is 17.1 Å². The Morgan fingerprint density at radius 2 is 1.80 bits per heavy atom. The van der Waals surface area contributed by atoms with Crippen LogP contribution in [0.5, 0.6) is 17.2 Å². The third kappa shape index (κ3) is 3.23. The molecule has 25 heavy (non-hydrogen) atoms. The van der Waals surface area contributed by atoms with Gasteiger partial charge in [-0.15, -0.1) is 0 Å². The molecule has 2 atom stereocenters. The molecule has 1 heterocycles. The van der Waals surface area contributed by atoms with Crippen molar-refractivity contribution in [2.24, 2.45) is 0 Å². The second-order valence-corrected chi connectivity index (χ2v) is 6.36. The van der Waals surface area contributed by atoms with Crippen molar-refractivity contribution in [3.63, 3.8) is 0 Å². The van der Waals surface area contributed by atoms with Gasteiger partial charge in [-0.05, 0) is 50.1 Å². The molecule has 1 aliphatic rings. The number of carbonyl (C=O) groups excluding carboxylic acids is 1. The Balaban J connectivity index is 2.07. The lowest BCUT2D eigenvalue weighted by molar-refractivity contribution is 0.0211. The lowest BCUT2D eigenvalue weighted by Gasteiger charge is -2.31. The molecule has 0 saturated heterocycles. The van der Waals surface area contributed by atoms with Gasteiger partial charge in [-0.25, -0.2) is 0 Å². The minimum absolute atomic E-state index is 0.0462. The average Bonchev–Trinajstić information content (AvgIpc) is 2.57. The third-order valence-electron chi connectivity index (χ3n) is 4.24. The molecule has 0 radical (unpaired) electrons. The highest BCUT2D eigenvalue weighted by molar-refractivity contribution is 6.03. The maximum absolute atomic E-state index is 12.6. The molecule has 0 saturated carbocycles. The van der Waals surface area contributed by atoms with Crippen molar-refractivity contribution in [3.05, 3.63) is 64.7 Å². The first-order valence-corrected chi connectivity index (χ1v) is 8.04. The summed E-state index contributed by atoms with van der Waals surface area (Å²) in [4.78, 5) is 12.6. The van der Waals surface area contributed by atoms with Crippen molar-refractivity contribution in [2.75, 3.05) is 0 Å². The number of rotatable bonds is 3. The summed E-state index contributed by atoms with van der Waals surface area (Å²) in [6.45, 7) is 3.89. The molecule has 2 aromatic rings. The maximum atomic E-state index is 12.6. The lowest BCUT2D eigenvalue weighted by atomic mass is 9.91. The second kappa shape index (κ2) is 6.61. The summed E-state index contributed by atoms with van der Waals surface area (Å²) in [7, 11) is 0. The van der Waals surface area contributed by atoms with Crippen LogP contribution in [0, 0.1) is 0 Å². The van der Waals surface area contributed by atoms with E-state index >= 15 is 0 Å². The Bertz CT molecular complexity index is 832. The van der Waals surface area contributed by atoms with Crippen molar-refractivity contribution in [1.29, 1.82) is 0 Å². The van der Waals surface area contributed by atoms with Gasteiger partial charge in [-0.2, -0.15) is 0 Å². The Morgan fingerprint density at radius 1 is 1.12 bits per heavy atom. The maximum Gasteiger partial charge on any atom is 0.199 e. The van der Waals surface area contributed by atoms with E-state index in [1.165, 1.54) is 24.3 Å². The molecule has 130 valence electrons. The molecular formula is C20H20O5. The molecule has 0 aliphatic carbocycles. The zero-order valence-corrected chi connectivity index (χ0v) is 14.1. The number of phenols is 2. The van der Waals surface area contributed by atoms with E-state index in [4.69, 9.17) is 4.74 Å². The number of aromatic hydroxyl groups is 2. The van der Waals surface area contributed by atoms with Gasteiger partial charge in [0, 0.05) is 5.56 Å². The fraction of sp³-hybridized carbons (Fsp3) is 0.250. The second-order valence-electron chi connectivity index (χ2n) is 6.36. The number of allylic oxidation sites excluding steroid dienone is 2. The summed E-state index contributed by atoms with van der Waals surface area (Å²) in [5.41, 5.74) is 2.43. The number of Topliss-reactive ketones (excluding diaryl/α,β-unsaturated/α-hetero) is 1. The summed E-state index contributed by atoms with van der Waals surface area (Å²) in [6, 6.07) is 9.05. The van der Waals surface area contributed by atoms with Crippen LogP contribution in [0.4, 0.5) is 0 Å². The smallest absolute Gasteiger partial charge is 0.199 e. The number of benzene rings is 2. The van der Waals surface area contributed by atoms with Crippen LogP contribution in [0.25, 0.3) is 0 Å². The molecule has 0 bridgehead atoms. The zero-order chi connectivity index (χ0) is 18.1. The Morgan fingerprint density at radius 3 is 2.44 bits per heavy atom. The lowest BCUT2D eigenvalue weighted by Crippen LogP contribution is -2.36. The van der Waals surface area contributed by atoms with Crippen LogP contribution in [0.1, 0.15) is 41.4 Å². The first-order valence-electron chi connectivity index (χ1n) is 8.04. The molecule has 0 spiro atoms. The highest BCUT2D eigenvalue weighted by Gasteiger charge is 2.38.